The summed E-state index contributed by atoms with van der Waals surface area (Å²) >= 11 is 0. The van der Waals surface area contributed by atoms with Crippen molar-refractivity contribution < 1.29 is 14.6 Å². The van der Waals surface area contributed by atoms with Crippen LogP contribution < -0.4 is 5.43 Å². The molecule has 74 valence electrons. The lowest BCUT2D eigenvalue weighted by Gasteiger charge is -2.30. The third-order valence-corrected chi connectivity index (χ3v) is 2.01. The van der Waals surface area contributed by atoms with E-state index < -0.39 is 6.09 Å². The molecule has 1 heterocycles. The van der Waals surface area contributed by atoms with Crippen LogP contribution in [0.3, 0.4) is 0 Å². The van der Waals surface area contributed by atoms with Gasteiger partial charge in [0.2, 0.25) is 0 Å². The smallest absolute Gasteiger partial charge is 0.425 e. The van der Waals surface area contributed by atoms with Gasteiger partial charge in [-0.15, -0.1) is 0 Å². The minimum absolute atomic E-state index is 0.166. The molecule has 0 aromatic carbocycles. The number of hydrogen-bond donors (Lipinski definition) is 2. The van der Waals surface area contributed by atoms with Crippen LogP contribution >= 0.6 is 0 Å². The highest BCUT2D eigenvalue weighted by atomic mass is 16.5. The third kappa shape index (κ3) is 2.69. The van der Waals surface area contributed by atoms with Crippen LogP contribution in [-0.4, -0.2) is 30.1 Å². The summed E-state index contributed by atoms with van der Waals surface area (Å²) < 4.78 is 5.27. The van der Waals surface area contributed by atoms with Crippen LogP contribution in [0, 0.1) is 5.41 Å². The van der Waals surface area contributed by atoms with Gasteiger partial charge in [-0.05, 0) is 0 Å². The van der Waals surface area contributed by atoms with Crippen LogP contribution in [0.25, 0.3) is 0 Å². The molecular weight excluding hydrogens is 172 g/mol. The Balaban J connectivity index is 2.64. The van der Waals surface area contributed by atoms with Gasteiger partial charge in [0.1, 0.15) is 0 Å². The van der Waals surface area contributed by atoms with Gasteiger partial charge >= 0.3 is 6.09 Å². The van der Waals surface area contributed by atoms with Crippen molar-refractivity contribution in [3.05, 3.63) is 0 Å². The molecule has 1 saturated heterocycles. The second-order valence-corrected chi connectivity index (χ2v) is 3.66. The molecule has 1 aliphatic rings. The Labute approximate surface area is 76.8 Å². The van der Waals surface area contributed by atoms with Crippen LogP contribution in [-0.2, 0) is 4.74 Å². The summed E-state index contributed by atoms with van der Waals surface area (Å²) in [6.45, 7) is 5.17. The van der Waals surface area contributed by atoms with Crippen molar-refractivity contribution in [3.63, 3.8) is 0 Å². The maximum atomic E-state index is 10.2. The number of hydrogen-bond acceptors (Lipinski definition) is 3. The van der Waals surface area contributed by atoms with Crippen LogP contribution in [0.1, 0.15) is 20.3 Å². The Morgan fingerprint density at radius 1 is 1.69 bits per heavy atom. The van der Waals surface area contributed by atoms with E-state index in [2.05, 4.69) is 5.10 Å². The zero-order valence-corrected chi connectivity index (χ0v) is 7.83. The highest BCUT2D eigenvalue weighted by Crippen LogP contribution is 2.24. The van der Waals surface area contributed by atoms with Crippen LogP contribution in [0.5, 0.6) is 0 Å². The number of ether oxygens (including phenoxy) is 1. The molecule has 0 bridgehead atoms. The van der Waals surface area contributed by atoms with Gasteiger partial charge in [0.05, 0.1) is 13.2 Å². The first-order chi connectivity index (χ1) is 6.02. The summed E-state index contributed by atoms with van der Waals surface area (Å²) in [7, 11) is 0. The zero-order chi connectivity index (χ0) is 9.90. The zero-order valence-electron chi connectivity index (χ0n) is 7.83. The number of carbonyl (C=O) groups is 1. The van der Waals surface area contributed by atoms with E-state index in [0.29, 0.717) is 19.6 Å². The standard InChI is InChI=1S/C8H14N2O3/c1-8(2)5-13-4-3-6(8)9-10-7(11)12/h10H,3-5H2,1-2H3,(H,11,12). The first-order valence-electron chi connectivity index (χ1n) is 4.16. The molecule has 1 fully saturated rings. The molecule has 0 radical (unpaired) electrons. The lowest BCUT2D eigenvalue weighted by molar-refractivity contribution is 0.0749. The molecule has 0 aromatic rings. The van der Waals surface area contributed by atoms with E-state index in [9.17, 15) is 4.79 Å². The van der Waals surface area contributed by atoms with Gasteiger partial charge in [-0.2, -0.15) is 5.10 Å². The molecule has 5 nitrogen and oxygen atoms in total. The molecule has 0 aromatic heterocycles. The molecule has 0 atom stereocenters. The fourth-order valence-electron chi connectivity index (χ4n) is 1.24. The Kier molecular flexibility index (Phi) is 2.87. The molecule has 1 amide bonds. The molecular formula is C8H14N2O3. The van der Waals surface area contributed by atoms with Crippen LogP contribution in [0.4, 0.5) is 4.79 Å². The second kappa shape index (κ2) is 3.74. The molecule has 13 heavy (non-hydrogen) atoms. The molecule has 1 rings (SSSR count). The van der Waals surface area contributed by atoms with Crippen molar-refractivity contribution >= 4 is 11.8 Å². The van der Waals surface area contributed by atoms with E-state index in [1.54, 1.807) is 0 Å². The maximum Gasteiger partial charge on any atom is 0.425 e. The van der Waals surface area contributed by atoms with E-state index in [1.165, 1.54) is 0 Å². The SMILES string of the molecule is CC1(C)COCCC1=NNC(=O)O. The first-order valence-corrected chi connectivity index (χ1v) is 4.16. The van der Waals surface area contributed by atoms with Gasteiger partial charge < -0.3 is 9.84 Å². The minimum Gasteiger partial charge on any atom is -0.464 e. The number of hydrazone groups is 1. The van der Waals surface area contributed by atoms with Crippen molar-refractivity contribution in [2.45, 2.75) is 20.3 Å². The van der Waals surface area contributed by atoms with Crippen molar-refractivity contribution in [2.75, 3.05) is 13.2 Å². The Hall–Kier alpha value is -1.10. The number of rotatable bonds is 1. The quantitative estimate of drug-likeness (QED) is 0.601. The molecule has 2 N–H and O–H groups in total. The van der Waals surface area contributed by atoms with Gasteiger partial charge in [-0.1, -0.05) is 13.8 Å². The second-order valence-electron chi connectivity index (χ2n) is 3.66. The van der Waals surface area contributed by atoms with Gasteiger partial charge in [-0.3, -0.25) is 0 Å². The Bertz CT molecular complexity index is 236. The molecule has 0 aliphatic carbocycles. The van der Waals surface area contributed by atoms with E-state index in [4.69, 9.17) is 9.84 Å². The van der Waals surface area contributed by atoms with Crippen molar-refractivity contribution in [1.29, 1.82) is 0 Å². The highest BCUT2D eigenvalue weighted by molar-refractivity contribution is 5.90. The highest BCUT2D eigenvalue weighted by Gasteiger charge is 2.29. The molecule has 5 heteroatoms. The number of nitrogens with one attached hydrogen (secondary N) is 1. The lowest BCUT2D eigenvalue weighted by atomic mass is 9.85. The first kappa shape index (κ1) is 9.98. The predicted molar refractivity (Wildman–Crippen MR) is 47.8 cm³/mol. The number of amides is 1. The van der Waals surface area contributed by atoms with Gasteiger partial charge in [0.25, 0.3) is 0 Å². The number of nitrogens with zero attached hydrogens (tertiary/aromatic N) is 1. The Morgan fingerprint density at radius 2 is 2.38 bits per heavy atom. The summed E-state index contributed by atoms with van der Waals surface area (Å²) in [5.74, 6) is 0. The minimum atomic E-state index is -1.13. The largest absolute Gasteiger partial charge is 0.464 e. The number of carboxylic acid groups (broad SMARTS) is 1. The predicted octanol–water partition coefficient (Wildman–Crippen LogP) is 1.06. The maximum absolute atomic E-state index is 10.2. The normalized spacial score (nSPS) is 24.3. The lowest BCUT2D eigenvalue weighted by Crippen LogP contribution is -2.37. The summed E-state index contributed by atoms with van der Waals surface area (Å²) in [5.41, 5.74) is 2.70. The van der Waals surface area contributed by atoms with Gasteiger partial charge in [-0.25, -0.2) is 10.2 Å². The third-order valence-electron chi connectivity index (χ3n) is 2.01. The van der Waals surface area contributed by atoms with Crippen molar-refractivity contribution in [1.82, 2.24) is 5.43 Å². The molecule has 0 spiro atoms. The molecule has 0 unspecified atom stereocenters. The van der Waals surface area contributed by atoms with E-state index in [-0.39, 0.29) is 5.41 Å². The summed E-state index contributed by atoms with van der Waals surface area (Å²) in [4.78, 5) is 10.2. The topological polar surface area (TPSA) is 70.9 Å². The van der Waals surface area contributed by atoms with E-state index >= 15 is 0 Å². The molecule has 0 saturated carbocycles. The van der Waals surface area contributed by atoms with E-state index in [1.807, 2.05) is 19.3 Å². The van der Waals surface area contributed by atoms with Crippen molar-refractivity contribution in [3.8, 4) is 0 Å². The fraction of sp³-hybridized carbons (Fsp3) is 0.750. The fourth-order valence-corrected chi connectivity index (χ4v) is 1.24. The van der Waals surface area contributed by atoms with Gasteiger partial charge in [0.15, 0.2) is 0 Å². The monoisotopic (exact) mass is 186 g/mol. The Morgan fingerprint density at radius 3 is 2.92 bits per heavy atom. The summed E-state index contributed by atoms with van der Waals surface area (Å²) in [5, 5.41) is 12.2. The van der Waals surface area contributed by atoms with Crippen molar-refractivity contribution in [2.24, 2.45) is 10.5 Å². The van der Waals surface area contributed by atoms with E-state index in [0.717, 1.165) is 5.71 Å². The average molecular weight is 186 g/mol. The summed E-state index contributed by atoms with van der Waals surface area (Å²) in [6, 6.07) is 0. The van der Waals surface area contributed by atoms with Crippen LogP contribution in [0.15, 0.2) is 5.10 Å². The van der Waals surface area contributed by atoms with Crippen LogP contribution in [0.2, 0.25) is 0 Å². The summed E-state index contributed by atoms with van der Waals surface area (Å²) in [6.07, 6.45) is -0.442. The van der Waals surface area contributed by atoms with Gasteiger partial charge in [0, 0.05) is 17.5 Å². The average Bonchev–Trinajstić information content (AvgIpc) is 2.01. The molecule has 1 aliphatic heterocycles.